The molecule has 6 heteroatoms. The van der Waals surface area contributed by atoms with Gasteiger partial charge in [0.15, 0.2) is 0 Å². The van der Waals surface area contributed by atoms with E-state index < -0.39 is 5.54 Å². The van der Waals surface area contributed by atoms with Crippen LogP contribution in [-0.2, 0) is 9.53 Å². The highest BCUT2D eigenvalue weighted by molar-refractivity contribution is 5.79. The van der Waals surface area contributed by atoms with E-state index in [9.17, 15) is 10.1 Å². The number of hydrogen-bond donors (Lipinski definition) is 1. The van der Waals surface area contributed by atoms with Crippen molar-refractivity contribution in [2.24, 2.45) is 5.92 Å². The lowest BCUT2D eigenvalue weighted by Gasteiger charge is -2.34. The van der Waals surface area contributed by atoms with E-state index in [1.807, 2.05) is 21.0 Å². The van der Waals surface area contributed by atoms with E-state index in [4.69, 9.17) is 4.74 Å². The molecule has 1 heterocycles. The van der Waals surface area contributed by atoms with E-state index >= 15 is 0 Å². The molecule has 1 aliphatic heterocycles. The first-order chi connectivity index (χ1) is 9.93. The normalized spacial score (nSPS) is 26.1. The van der Waals surface area contributed by atoms with Crippen LogP contribution in [0.4, 0.5) is 0 Å². The van der Waals surface area contributed by atoms with Gasteiger partial charge in [0.1, 0.15) is 5.54 Å². The Bertz CT molecular complexity index is 416. The molecule has 1 amide bonds. The maximum Gasteiger partial charge on any atom is 0.235 e. The molecule has 1 N–H and O–H groups in total. The lowest BCUT2D eigenvalue weighted by atomic mass is 9.98. The molecule has 1 aliphatic carbocycles. The zero-order valence-electron chi connectivity index (χ0n) is 13.3. The summed E-state index contributed by atoms with van der Waals surface area (Å²) in [5.74, 6) is 0.258. The summed E-state index contributed by atoms with van der Waals surface area (Å²) in [7, 11) is 4.03. The average Bonchev–Trinajstić information content (AvgIpc) is 3.22. The molecule has 2 fully saturated rings. The zero-order chi connectivity index (χ0) is 15.5. The molecular formula is C15H26N4O2. The molecule has 118 valence electrons. The standard InChI is InChI=1S/C15H26N4O2/c1-15(11-16,12-4-5-12)17-14(20)10-19-6-7-21-13(9-19)8-18(2)3/h12-13H,4-10H2,1-3H3,(H,17,20). The molecule has 2 atom stereocenters. The molecule has 0 bridgehead atoms. The summed E-state index contributed by atoms with van der Waals surface area (Å²) in [6, 6.07) is 2.26. The fourth-order valence-electron chi connectivity index (χ4n) is 2.86. The molecule has 0 aromatic rings. The summed E-state index contributed by atoms with van der Waals surface area (Å²) in [4.78, 5) is 16.4. The van der Waals surface area contributed by atoms with Gasteiger partial charge in [-0.15, -0.1) is 0 Å². The third kappa shape index (κ3) is 4.67. The van der Waals surface area contributed by atoms with Crippen LogP contribution in [-0.4, -0.2) is 74.2 Å². The Hall–Kier alpha value is -1.16. The first-order valence-electron chi connectivity index (χ1n) is 7.64. The Labute approximate surface area is 127 Å². The first-order valence-corrected chi connectivity index (χ1v) is 7.64. The highest BCUT2D eigenvalue weighted by atomic mass is 16.5. The Morgan fingerprint density at radius 3 is 2.81 bits per heavy atom. The molecule has 0 spiro atoms. The van der Waals surface area contributed by atoms with E-state index in [0.717, 1.165) is 32.5 Å². The largest absolute Gasteiger partial charge is 0.374 e. The molecule has 1 saturated heterocycles. The molecule has 2 unspecified atom stereocenters. The lowest BCUT2D eigenvalue weighted by molar-refractivity contribution is -0.125. The number of morpholine rings is 1. The van der Waals surface area contributed by atoms with Gasteiger partial charge in [-0.3, -0.25) is 9.69 Å². The minimum Gasteiger partial charge on any atom is -0.374 e. The van der Waals surface area contributed by atoms with Crippen LogP contribution in [0.15, 0.2) is 0 Å². The number of ether oxygens (including phenoxy) is 1. The van der Waals surface area contributed by atoms with E-state index in [2.05, 4.69) is 21.2 Å². The number of likely N-dealkylation sites (N-methyl/N-ethyl adjacent to an activating group) is 1. The third-order valence-corrected chi connectivity index (χ3v) is 4.18. The van der Waals surface area contributed by atoms with Crippen LogP contribution >= 0.6 is 0 Å². The van der Waals surface area contributed by atoms with Crippen molar-refractivity contribution in [2.75, 3.05) is 46.9 Å². The Morgan fingerprint density at radius 2 is 2.24 bits per heavy atom. The maximum absolute atomic E-state index is 12.2. The lowest BCUT2D eigenvalue weighted by Crippen LogP contribution is -2.53. The second-order valence-corrected chi connectivity index (χ2v) is 6.63. The topological polar surface area (TPSA) is 68.6 Å². The fraction of sp³-hybridized carbons (Fsp3) is 0.867. The van der Waals surface area contributed by atoms with Crippen molar-refractivity contribution in [3.8, 4) is 6.07 Å². The van der Waals surface area contributed by atoms with Crippen LogP contribution in [0.2, 0.25) is 0 Å². The summed E-state index contributed by atoms with van der Waals surface area (Å²) in [5, 5.41) is 12.2. The number of nitriles is 1. The molecule has 6 nitrogen and oxygen atoms in total. The van der Waals surface area contributed by atoms with Crippen molar-refractivity contribution in [3.63, 3.8) is 0 Å². The average molecular weight is 294 g/mol. The SMILES string of the molecule is CN(C)CC1CN(CC(=O)NC(C)(C#N)C2CC2)CCO1. The predicted octanol–water partition coefficient (Wildman–Crippen LogP) is 0.0573. The van der Waals surface area contributed by atoms with Crippen LogP contribution in [0.1, 0.15) is 19.8 Å². The van der Waals surface area contributed by atoms with Gasteiger partial charge < -0.3 is 15.0 Å². The van der Waals surface area contributed by atoms with Crippen LogP contribution in [0, 0.1) is 17.2 Å². The van der Waals surface area contributed by atoms with Crippen LogP contribution in [0.3, 0.4) is 0 Å². The quantitative estimate of drug-likeness (QED) is 0.750. The van der Waals surface area contributed by atoms with Crippen molar-refractivity contribution in [2.45, 2.75) is 31.4 Å². The van der Waals surface area contributed by atoms with E-state index in [1.54, 1.807) is 0 Å². The van der Waals surface area contributed by atoms with Crippen molar-refractivity contribution in [3.05, 3.63) is 0 Å². The Kier molecular flexibility index (Phi) is 5.20. The van der Waals surface area contributed by atoms with Gasteiger partial charge in [0, 0.05) is 19.6 Å². The number of carbonyl (C=O) groups is 1. The monoisotopic (exact) mass is 294 g/mol. The van der Waals surface area contributed by atoms with Crippen molar-refractivity contribution >= 4 is 5.91 Å². The first kappa shape index (κ1) is 16.2. The Balaban J connectivity index is 1.80. The van der Waals surface area contributed by atoms with Crippen LogP contribution in [0.25, 0.3) is 0 Å². The second-order valence-electron chi connectivity index (χ2n) is 6.63. The highest BCUT2D eigenvalue weighted by Gasteiger charge is 2.43. The molecule has 0 radical (unpaired) electrons. The minimum absolute atomic E-state index is 0.0588. The molecule has 2 aliphatic rings. The van der Waals surface area contributed by atoms with E-state index in [0.29, 0.717) is 19.1 Å². The smallest absolute Gasteiger partial charge is 0.235 e. The van der Waals surface area contributed by atoms with Crippen LogP contribution in [0.5, 0.6) is 0 Å². The van der Waals surface area contributed by atoms with Crippen molar-refractivity contribution in [1.82, 2.24) is 15.1 Å². The van der Waals surface area contributed by atoms with Gasteiger partial charge in [0.05, 0.1) is 25.3 Å². The summed E-state index contributed by atoms with van der Waals surface area (Å²) < 4.78 is 5.70. The summed E-state index contributed by atoms with van der Waals surface area (Å²) in [6.07, 6.45) is 2.21. The summed E-state index contributed by atoms with van der Waals surface area (Å²) in [6.45, 7) is 5.22. The van der Waals surface area contributed by atoms with Gasteiger partial charge in [-0.2, -0.15) is 5.26 Å². The van der Waals surface area contributed by atoms with Crippen molar-refractivity contribution < 1.29 is 9.53 Å². The molecule has 0 aromatic carbocycles. The molecular weight excluding hydrogens is 268 g/mol. The zero-order valence-corrected chi connectivity index (χ0v) is 13.3. The van der Waals surface area contributed by atoms with Crippen LogP contribution < -0.4 is 5.32 Å². The van der Waals surface area contributed by atoms with Gasteiger partial charge in [0.2, 0.25) is 5.91 Å². The molecule has 2 rings (SSSR count). The number of carbonyl (C=O) groups excluding carboxylic acids is 1. The Morgan fingerprint density at radius 1 is 1.52 bits per heavy atom. The summed E-state index contributed by atoms with van der Waals surface area (Å²) >= 11 is 0. The van der Waals surface area contributed by atoms with Gasteiger partial charge in [0.25, 0.3) is 0 Å². The third-order valence-electron chi connectivity index (χ3n) is 4.18. The van der Waals surface area contributed by atoms with Gasteiger partial charge >= 0.3 is 0 Å². The van der Waals surface area contributed by atoms with Crippen molar-refractivity contribution in [1.29, 1.82) is 5.26 Å². The fourth-order valence-corrected chi connectivity index (χ4v) is 2.86. The summed E-state index contributed by atoms with van der Waals surface area (Å²) in [5.41, 5.74) is -0.702. The number of rotatable bonds is 6. The van der Waals surface area contributed by atoms with Gasteiger partial charge in [-0.1, -0.05) is 0 Å². The predicted molar refractivity (Wildman–Crippen MR) is 79.6 cm³/mol. The number of hydrogen-bond acceptors (Lipinski definition) is 5. The molecule has 1 saturated carbocycles. The number of nitrogens with zero attached hydrogens (tertiary/aromatic N) is 3. The maximum atomic E-state index is 12.2. The highest BCUT2D eigenvalue weighted by Crippen LogP contribution is 2.39. The second kappa shape index (κ2) is 6.73. The molecule has 21 heavy (non-hydrogen) atoms. The minimum atomic E-state index is -0.702. The van der Waals surface area contributed by atoms with Gasteiger partial charge in [-0.25, -0.2) is 0 Å². The van der Waals surface area contributed by atoms with E-state index in [1.165, 1.54) is 0 Å². The number of nitrogens with one attached hydrogen (secondary N) is 1. The van der Waals surface area contributed by atoms with E-state index in [-0.39, 0.29) is 12.0 Å². The van der Waals surface area contributed by atoms with Gasteiger partial charge in [-0.05, 0) is 39.8 Å². The molecule has 0 aromatic heterocycles. The number of amides is 1.